The Morgan fingerprint density at radius 1 is 1.62 bits per heavy atom. The van der Waals surface area contributed by atoms with Gasteiger partial charge in [0.25, 0.3) is 0 Å². The van der Waals surface area contributed by atoms with Crippen molar-refractivity contribution in [2.45, 2.75) is 18.9 Å². The molecule has 1 aliphatic carbocycles. The molecule has 0 aliphatic heterocycles. The summed E-state index contributed by atoms with van der Waals surface area (Å²) in [4.78, 5) is 14.5. The first kappa shape index (κ1) is 8.04. The van der Waals surface area contributed by atoms with Gasteiger partial charge in [0.1, 0.15) is 5.56 Å². The number of hydrogen-bond acceptors (Lipinski definition) is 3. The van der Waals surface area contributed by atoms with Crippen LogP contribution in [0.4, 0.5) is 0 Å². The number of hydrogen-bond donors (Lipinski definition) is 1. The van der Waals surface area contributed by atoms with Crippen LogP contribution in [-0.4, -0.2) is 22.2 Å². The Kier molecular flexibility index (Phi) is 1.88. The molecule has 4 nitrogen and oxygen atoms in total. The van der Waals surface area contributed by atoms with E-state index in [0.29, 0.717) is 5.75 Å². The van der Waals surface area contributed by atoms with Gasteiger partial charge in [-0.3, -0.25) is 4.98 Å². The largest absolute Gasteiger partial charge is 0.488 e. The molecule has 68 valence electrons. The molecule has 0 amide bonds. The molecule has 2 rings (SSSR count). The molecule has 13 heavy (non-hydrogen) atoms. The summed E-state index contributed by atoms with van der Waals surface area (Å²) in [5, 5.41) is 8.79. The van der Waals surface area contributed by atoms with Gasteiger partial charge in [0.15, 0.2) is 5.75 Å². The average Bonchev–Trinajstić information content (AvgIpc) is 2.89. The summed E-state index contributed by atoms with van der Waals surface area (Å²) in [5.41, 5.74) is 0.182. The minimum absolute atomic E-state index is 0.182. The average molecular weight is 179 g/mol. The lowest BCUT2D eigenvalue weighted by atomic mass is 10.2. The number of carboxylic acids is 1. The molecule has 1 aromatic rings. The van der Waals surface area contributed by atoms with Gasteiger partial charge in [0.2, 0.25) is 0 Å². The van der Waals surface area contributed by atoms with Crippen LogP contribution in [0.5, 0.6) is 5.75 Å². The van der Waals surface area contributed by atoms with Crippen molar-refractivity contribution in [3.63, 3.8) is 0 Å². The van der Waals surface area contributed by atoms with Gasteiger partial charge in [-0.1, -0.05) is 0 Å². The van der Waals surface area contributed by atoms with Crippen molar-refractivity contribution in [1.29, 1.82) is 0 Å². The summed E-state index contributed by atoms with van der Waals surface area (Å²) < 4.78 is 5.37. The smallest absolute Gasteiger partial charge is 0.339 e. The Morgan fingerprint density at radius 3 is 3.00 bits per heavy atom. The fourth-order valence-electron chi connectivity index (χ4n) is 1.02. The van der Waals surface area contributed by atoms with E-state index in [1.807, 2.05) is 0 Å². The fraction of sp³-hybridized carbons (Fsp3) is 0.333. The number of aromatic carboxylic acids is 1. The van der Waals surface area contributed by atoms with Crippen molar-refractivity contribution in [1.82, 2.24) is 4.98 Å². The van der Waals surface area contributed by atoms with Gasteiger partial charge in [-0.25, -0.2) is 4.79 Å². The van der Waals surface area contributed by atoms with Gasteiger partial charge >= 0.3 is 5.97 Å². The highest BCUT2D eigenvalue weighted by molar-refractivity contribution is 5.90. The van der Waals surface area contributed by atoms with Crippen molar-refractivity contribution in [3.8, 4) is 5.75 Å². The second-order valence-corrected chi connectivity index (χ2v) is 2.99. The fourth-order valence-corrected chi connectivity index (χ4v) is 1.02. The van der Waals surface area contributed by atoms with E-state index in [1.165, 1.54) is 18.5 Å². The van der Waals surface area contributed by atoms with Crippen LogP contribution in [0.25, 0.3) is 0 Å². The van der Waals surface area contributed by atoms with Crippen molar-refractivity contribution >= 4 is 5.97 Å². The molecule has 1 aromatic heterocycles. The molecule has 0 radical (unpaired) electrons. The second kappa shape index (κ2) is 3.05. The topological polar surface area (TPSA) is 59.4 Å². The van der Waals surface area contributed by atoms with E-state index >= 15 is 0 Å². The van der Waals surface area contributed by atoms with Crippen molar-refractivity contribution in [2.24, 2.45) is 0 Å². The number of ether oxygens (including phenoxy) is 1. The van der Waals surface area contributed by atoms with Crippen LogP contribution >= 0.6 is 0 Å². The quantitative estimate of drug-likeness (QED) is 0.760. The van der Waals surface area contributed by atoms with Gasteiger partial charge in [0, 0.05) is 6.20 Å². The number of carbonyl (C=O) groups is 1. The third-order valence-electron chi connectivity index (χ3n) is 1.83. The van der Waals surface area contributed by atoms with E-state index in [1.54, 1.807) is 0 Å². The Labute approximate surface area is 75.2 Å². The predicted octanol–water partition coefficient (Wildman–Crippen LogP) is 1.32. The molecule has 1 heterocycles. The number of pyridine rings is 1. The Balaban J connectivity index is 2.25. The van der Waals surface area contributed by atoms with Crippen LogP contribution in [-0.2, 0) is 0 Å². The third kappa shape index (κ3) is 1.77. The molecular weight excluding hydrogens is 170 g/mol. The monoisotopic (exact) mass is 179 g/mol. The summed E-state index contributed by atoms with van der Waals surface area (Å²) in [5.74, 6) is -0.601. The van der Waals surface area contributed by atoms with Crippen LogP contribution in [0.1, 0.15) is 23.2 Å². The zero-order chi connectivity index (χ0) is 9.26. The van der Waals surface area contributed by atoms with Crippen LogP contribution in [0.2, 0.25) is 0 Å². The molecular formula is C9H9NO3. The molecule has 0 unspecified atom stereocenters. The molecule has 4 heteroatoms. The lowest BCUT2D eigenvalue weighted by molar-refractivity contribution is 0.0691. The highest BCUT2D eigenvalue weighted by Crippen LogP contribution is 2.28. The summed E-state index contributed by atoms with van der Waals surface area (Å²) in [6.07, 6.45) is 5.11. The van der Waals surface area contributed by atoms with Crippen molar-refractivity contribution < 1.29 is 14.6 Å². The second-order valence-electron chi connectivity index (χ2n) is 2.99. The maximum Gasteiger partial charge on any atom is 0.339 e. The molecule has 1 aliphatic rings. The Bertz CT molecular complexity index is 333. The molecule has 0 saturated heterocycles. The first-order valence-corrected chi connectivity index (χ1v) is 4.11. The lowest BCUT2D eigenvalue weighted by Crippen LogP contribution is -2.04. The first-order chi connectivity index (χ1) is 6.27. The Hall–Kier alpha value is -1.58. The number of aromatic nitrogens is 1. The molecule has 1 fully saturated rings. The SMILES string of the molecule is O=C(O)c1ccncc1OC1CC1. The zero-order valence-electron chi connectivity index (χ0n) is 6.93. The third-order valence-corrected chi connectivity index (χ3v) is 1.83. The normalized spacial score (nSPS) is 15.4. The minimum atomic E-state index is -0.974. The van der Waals surface area contributed by atoms with Crippen LogP contribution in [0.15, 0.2) is 18.5 Å². The van der Waals surface area contributed by atoms with Gasteiger partial charge < -0.3 is 9.84 Å². The number of rotatable bonds is 3. The summed E-state index contributed by atoms with van der Waals surface area (Å²) in [6, 6.07) is 1.44. The molecule has 0 spiro atoms. The zero-order valence-corrected chi connectivity index (χ0v) is 6.93. The van der Waals surface area contributed by atoms with Crippen molar-refractivity contribution in [3.05, 3.63) is 24.0 Å². The lowest BCUT2D eigenvalue weighted by Gasteiger charge is -2.05. The standard InChI is InChI=1S/C9H9NO3/c11-9(12)7-3-4-10-5-8(7)13-6-1-2-6/h3-6H,1-2H2,(H,11,12). The van der Waals surface area contributed by atoms with Crippen LogP contribution < -0.4 is 4.74 Å². The van der Waals surface area contributed by atoms with Crippen LogP contribution in [0.3, 0.4) is 0 Å². The van der Waals surface area contributed by atoms with Gasteiger partial charge in [-0.2, -0.15) is 0 Å². The van der Waals surface area contributed by atoms with E-state index in [0.717, 1.165) is 12.8 Å². The molecule has 0 atom stereocenters. The minimum Gasteiger partial charge on any atom is -0.488 e. The van der Waals surface area contributed by atoms with Gasteiger partial charge in [-0.15, -0.1) is 0 Å². The highest BCUT2D eigenvalue weighted by Gasteiger charge is 2.25. The highest BCUT2D eigenvalue weighted by atomic mass is 16.5. The van der Waals surface area contributed by atoms with E-state index in [9.17, 15) is 4.79 Å². The summed E-state index contributed by atoms with van der Waals surface area (Å²) >= 11 is 0. The van der Waals surface area contributed by atoms with E-state index in [4.69, 9.17) is 9.84 Å². The van der Waals surface area contributed by atoms with E-state index in [-0.39, 0.29) is 11.7 Å². The molecule has 1 N–H and O–H groups in total. The van der Waals surface area contributed by atoms with E-state index < -0.39 is 5.97 Å². The Morgan fingerprint density at radius 2 is 2.38 bits per heavy atom. The maximum atomic E-state index is 10.7. The molecule has 0 bridgehead atoms. The van der Waals surface area contributed by atoms with Gasteiger partial charge in [0.05, 0.1) is 12.3 Å². The van der Waals surface area contributed by atoms with Crippen molar-refractivity contribution in [2.75, 3.05) is 0 Å². The molecule has 1 saturated carbocycles. The van der Waals surface area contributed by atoms with Crippen LogP contribution in [0, 0.1) is 0 Å². The number of nitrogens with zero attached hydrogens (tertiary/aromatic N) is 1. The maximum absolute atomic E-state index is 10.7. The molecule has 0 aromatic carbocycles. The summed E-state index contributed by atoms with van der Waals surface area (Å²) in [6.45, 7) is 0. The van der Waals surface area contributed by atoms with E-state index in [2.05, 4.69) is 4.98 Å². The number of carboxylic acid groups (broad SMARTS) is 1. The van der Waals surface area contributed by atoms with Gasteiger partial charge in [-0.05, 0) is 18.9 Å². The first-order valence-electron chi connectivity index (χ1n) is 4.11. The summed E-state index contributed by atoms with van der Waals surface area (Å²) in [7, 11) is 0. The predicted molar refractivity (Wildman–Crippen MR) is 44.8 cm³/mol.